The van der Waals surface area contributed by atoms with Gasteiger partial charge in [-0.3, -0.25) is 19.3 Å². The van der Waals surface area contributed by atoms with Gasteiger partial charge in [-0.15, -0.1) is 0 Å². The molecule has 7 nitrogen and oxygen atoms in total. The van der Waals surface area contributed by atoms with E-state index in [9.17, 15) is 14.4 Å². The van der Waals surface area contributed by atoms with Gasteiger partial charge < -0.3 is 15.2 Å². The topological polar surface area (TPSA) is 83.4 Å². The summed E-state index contributed by atoms with van der Waals surface area (Å²) in [5.41, 5.74) is 4.00. The third kappa shape index (κ3) is 3.58. The number of aryl methyl sites for hydroxylation is 1. The monoisotopic (exact) mass is 474 g/mol. The lowest BCUT2D eigenvalue weighted by Crippen LogP contribution is -2.26. The van der Waals surface area contributed by atoms with Gasteiger partial charge >= 0.3 is 0 Å². The van der Waals surface area contributed by atoms with Crippen LogP contribution in [0, 0.1) is 0 Å². The van der Waals surface area contributed by atoms with Crippen molar-refractivity contribution in [1.29, 1.82) is 0 Å². The van der Waals surface area contributed by atoms with Crippen LogP contribution >= 0.6 is 0 Å². The third-order valence-electron chi connectivity index (χ3n) is 6.50. The Morgan fingerprint density at radius 2 is 1.58 bits per heavy atom. The molecule has 3 amide bonds. The highest BCUT2D eigenvalue weighted by Gasteiger charge is 2.28. The number of anilines is 4. The number of fused-ring (bicyclic) bond motifs is 4. The Kier molecular flexibility index (Phi) is 5.04. The van der Waals surface area contributed by atoms with Gasteiger partial charge in [0.05, 0.1) is 16.9 Å². The molecule has 6 rings (SSSR count). The van der Waals surface area contributed by atoms with Gasteiger partial charge in [0, 0.05) is 40.9 Å². The van der Waals surface area contributed by atoms with Crippen molar-refractivity contribution in [2.75, 3.05) is 15.5 Å². The van der Waals surface area contributed by atoms with Gasteiger partial charge in [0.15, 0.2) is 0 Å². The summed E-state index contributed by atoms with van der Waals surface area (Å²) in [6.07, 6.45) is 1.55. The van der Waals surface area contributed by atoms with E-state index >= 15 is 0 Å². The first kappa shape index (κ1) is 21.6. The first-order chi connectivity index (χ1) is 17.5. The normalized spacial score (nSPS) is 13.4. The molecule has 1 aliphatic rings. The van der Waals surface area contributed by atoms with Crippen LogP contribution in [-0.2, 0) is 16.6 Å². The molecule has 1 aromatic heterocycles. The Morgan fingerprint density at radius 1 is 0.861 bits per heavy atom. The Hall–Kier alpha value is -4.91. The van der Waals surface area contributed by atoms with E-state index in [4.69, 9.17) is 0 Å². The summed E-state index contributed by atoms with van der Waals surface area (Å²) in [6.45, 7) is 0. The zero-order chi connectivity index (χ0) is 24.8. The van der Waals surface area contributed by atoms with Crippen LogP contribution in [0.3, 0.4) is 0 Å². The molecule has 2 N–H and O–H groups in total. The number of nitrogens with zero attached hydrogens (tertiary/aromatic N) is 2. The van der Waals surface area contributed by atoms with Gasteiger partial charge in [-0.25, -0.2) is 0 Å². The molecule has 0 radical (unpaired) electrons. The van der Waals surface area contributed by atoms with Crippen molar-refractivity contribution in [3.05, 3.63) is 96.7 Å². The molecule has 7 heteroatoms. The van der Waals surface area contributed by atoms with Gasteiger partial charge in [-0.2, -0.15) is 0 Å². The number of amides is 3. The number of carbonyl (C=O) groups excluding carboxylic acids is 3. The number of para-hydroxylation sites is 1. The van der Waals surface area contributed by atoms with E-state index in [1.165, 1.54) is 0 Å². The van der Waals surface area contributed by atoms with Gasteiger partial charge in [0.1, 0.15) is 6.42 Å². The summed E-state index contributed by atoms with van der Waals surface area (Å²) in [4.78, 5) is 40.1. The summed E-state index contributed by atoms with van der Waals surface area (Å²) in [6, 6.07) is 26.3. The molecule has 0 saturated carbocycles. The number of carbonyl (C=O) groups is 3. The second-order valence-corrected chi connectivity index (χ2v) is 8.81. The van der Waals surface area contributed by atoms with E-state index in [1.807, 2.05) is 78.5 Å². The number of rotatable bonds is 3. The van der Waals surface area contributed by atoms with Crippen LogP contribution in [0.5, 0.6) is 0 Å². The van der Waals surface area contributed by atoms with Crippen molar-refractivity contribution >= 4 is 62.1 Å². The predicted octanol–water partition coefficient (Wildman–Crippen LogP) is 5.59. The molecular formula is C29H22N4O3. The fraction of sp³-hybridized carbons (Fsp3) is 0.0690. The van der Waals surface area contributed by atoms with Crippen LogP contribution in [-0.4, -0.2) is 22.3 Å². The second kappa shape index (κ2) is 8.39. The molecule has 0 bridgehead atoms. The smallest absolute Gasteiger partial charge is 0.257 e. The van der Waals surface area contributed by atoms with Crippen molar-refractivity contribution in [2.24, 2.45) is 7.05 Å². The fourth-order valence-electron chi connectivity index (χ4n) is 4.81. The highest BCUT2D eigenvalue weighted by molar-refractivity contribution is 6.21. The highest BCUT2D eigenvalue weighted by atomic mass is 16.2. The molecule has 5 aromatic rings. The molecule has 4 aromatic carbocycles. The quantitative estimate of drug-likeness (QED) is 0.334. The van der Waals surface area contributed by atoms with Crippen LogP contribution in [0.2, 0.25) is 0 Å². The largest absolute Gasteiger partial charge is 0.350 e. The zero-order valence-corrected chi connectivity index (χ0v) is 19.5. The van der Waals surface area contributed by atoms with Crippen molar-refractivity contribution in [3.63, 3.8) is 0 Å². The van der Waals surface area contributed by atoms with Crippen LogP contribution in [0.25, 0.3) is 21.7 Å². The molecule has 0 aliphatic carbocycles. The minimum Gasteiger partial charge on any atom is -0.350 e. The van der Waals surface area contributed by atoms with Crippen LogP contribution in [0.4, 0.5) is 22.7 Å². The lowest BCUT2D eigenvalue weighted by atomic mass is 10.1. The van der Waals surface area contributed by atoms with Crippen molar-refractivity contribution in [3.8, 4) is 0 Å². The lowest BCUT2D eigenvalue weighted by molar-refractivity contribution is -0.124. The fourth-order valence-corrected chi connectivity index (χ4v) is 4.81. The number of nitrogens with one attached hydrogen (secondary N) is 2. The molecule has 0 unspecified atom stereocenters. The molecule has 1 aliphatic heterocycles. The zero-order valence-electron chi connectivity index (χ0n) is 19.5. The summed E-state index contributed by atoms with van der Waals surface area (Å²) < 4.78 is 1.93. The Balaban J connectivity index is 1.33. The van der Waals surface area contributed by atoms with Gasteiger partial charge in [-0.05, 0) is 41.8 Å². The summed E-state index contributed by atoms with van der Waals surface area (Å²) >= 11 is 0. The van der Waals surface area contributed by atoms with Crippen molar-refractivity contribution in [1.82, 2.24) is 4.57 Å². The minimum atomic E-state index is -0.348. The molecule has 176 valence electrons. The van der Waals surface area contributed by atoms with E-state index in [0.717, 1.165) is 21.7 Å². The summed E-state index contributed by atoms with van der Waals surface area (Å²) in [5.74, 6) is -0.884. The molecule has 0 saturated heterocycles. The summed E-state index contributed by atoms with van der Waals surface area (Å²) in [5, 5.41) is 8.57. The minimum absolute atomic E-state index is 0.211. The van der Waals surface area contributed by atoms with Gasteiger partial charge in [0.2, 0.25) is 11.8 Å². The first-order valence-corrected chi connectivity index (χ1v) is 11.6. The maximum atomic E-state index is 13.1. The molecule has 36 heavy (non-hydrogen) atoms. The van der Waals surface area contributed by atoms with E-state index in [-0.39, 0.29) is 24.1 Å². The van der Waals surface area contributed by atoms with E-state index in [0.29, 0.717) is 28.3 Å². The first-order valence-electron chi connectivity index (χ1n) is 11.6. The average Bonchev–Trinajstić information content (AvgIpc) is 3.16. The van der Waals surface area contributed by atoms with Crippen molar-refractivity contribution < 1.29 is 14.4 Å². The molecule has 0 atom stereocenters. The number of benzene rings is 4. The average molecular weight is 475 g/mol. The molecule has 0 spiro atoms. The summed E-state index contributed by atoms with van der Waals surface area (Å²) in [7, 11) is 1.91. The Morgan fingerprint density at radius 3 is 2.39 bits per heavy atom. The third-order valence-corrected chi connectivity index (χ3v) is 6.50. The predicted molar refractivity (Wildman–Crippen MR) is 142 cm³/mol. The van der Waals surface area contributed by atoms with Crippen LogP contribution in [0.1, 0.15) is 16.8 Å². The maximum absolute atomic E-state index is 13.1. The van der Waals surface area contributed by atoms with Crippen molar-refractivity contribution in [2.45, 2.75) is 6.42 Å². The molecular weight excluding hydrogens is 452 g/mol. The highest BCUT2D eigenvalue weighted by Crippen LogP contribution is 2.40. The molecule has 2 heterocycles. The van der Waals surface area contributed by atoms with E-state index in [2.05, 4.69) is 10.6 Å². The lowest BCUT2D eigenvalue weighted by Gasteiger charge is -2.23. The second-order valence-electron chi connectivity index (χ2n) is 8.81. The number of hydrogen-bond donors (Lipinski definition) is 2. The standard InChI is InChI=1S/C29H22N4O3/c1-32-17-23(22-8-4-5-9-24(22)32)29(36)30-19-11-13-20(14-12-19)33-25-15-10-18-6-2-3-7-21(18)28(25)31-26(34)16-27(33)35/h2-15,17H,16H2,1H3,(H,30,36)(H,31,34). The Labute approximate surface area is 206 Å². The van der Waals surface area contributed by atoms with Crippen LogP contribution < -0.4 is 15.5 Å². The Bertz CT molecular complexity index is 1680. The van der Waals surface area contributed by atoms with Gasteiger partial charge in [-0.1, -0.05) is 48.5 Å². The van der Waals surface area contributed by atoms with E-state index in [1.54, 1.807) is 29.2 Å². The van der Waals surface area contributed by atoms with Gasteiger partial charge in [0.25, 0.3) is 5.91 Å². The molecule has 0 fully saturated rings. The van der Waals surface area contributed by atoms with E-state index < -0.39 is 0 Å². The van der Waals surface area contributed by atoms with Crippen LogP contribution in [0.15, 0.2) is 91.1 Å². The maximum Gasteiger partial charge on any atom is 0.257 e. The number of aromatic nitrogens is 1. The number of hydrogen-bond acceptors (Lipinski definition) is 3. The SMILES string of the molecule is Cn1cc(C(=O)Nc2ccc(N3C(=O)CC(=O)Nc4c3ccc3ccccc43)cc2)c2ccccc21.